The summed E-state index contributed by atoms with van der Waals surface area (Å²) in [4.78, 5) is 17.8. The van der Waals surface area contributed by atoms with Crippen LogP contribution in [0.5, 0.6) is 0 Å². The second kappa shape index (κ2) is 6.74. The molecule has 0 aliphatic heterocycles. The second-order valence-electron chi connectivity index (χ2n) is 6.19. The largest absolute Gasteiger partial charge is 0.393 e. The van der Waals surface area contributed by atoms with Crippen LogP contribution in [0, 0.1) is 5.41 Å². The van der Waals surface area contributed by atoms with Crippen molar-refractivity contribution in [1.82, 2.24) is 19.8 Å². The molecule has 1 rings (SSSR count). The molecule has 20 heavy (non-hydrogen) atoms. The molecule has 1 heterocycles. The Morgan fingerprint density at radius 3 is 2.75 bits per heavy atom. The zero-order valence-electron chi connectivity index (χ0n) is 13.1. The van der Waals surface area contributed by atoms with E-state index < -0.39 is 0 Å². The average Bonchev–Trinajstić information content (AvgIpc) is 2.70. The molecule has 0 bridgehead atoms. The van der Waals surface area contributed by atoms with Crippen LogP contribution in [-0.4, -0.2) is 45.3 Å². The van der Waals surface area contributed by atoms with Crippen molar-refractivity contribution in [2.75, 3.05) is 13.6 Å². The van der Waals surface area contributed by atoms with Crippen molar-refractivity contribution < 1.29 is 9.90 Å². The fourth-order valence-corrected chi connectivity index (χ4v) is 2.15. The van der Waals surface area contributed by atoms with Gasteiger partial charge < -0.3 is 19.9 Å². The van der Waals surface area contributed by atoms with Gasteiger partial charge >= 0.3 is 6.03 Å². The quantitative estimate of drug-likeness (QED) is 0.827. The summed E-state index contributed by atoms with van der Waals surface area (Å²) < 4.78 is 1.89. The number of nitrogens with one attached hydrogen (secondary N) is 1. The van der Waals surface area contributed by atoms with Crippen molar-refractivity contribution in [3.8, 4) is 0 Å². The van der Waals surface area contributed by atoms with Crippen LogP contribution in [-0.2, 0) is 13.6 Å². The van der Waals surface area contributed by atoms with Crippen molar-refractivity contribution in [3.05, 3.63) is 18.2 Å². The summed E-state index contributed by atoms with van der Waals surface area (Å²) in [6.07, 6.45) is 3.85. The van der Waals surface area contributed by atoms with Gasteiger partial charge in [-0.3, -0.25) is 0 Å². The predicted molar refractivity (Wildman–Crippen MR) is 78.2 cm³/mol. The number of hydrogen-bond donors (Lipinski definition) is 2. The molecule has 0 saturated heterocycles. The molecule has 0 spiro atoms. The number of aliphatic hydroxyl groups excluding tert-OH is 1. The Labute approximate surface area is 120 Å². The van der Waals surface area contributed by atoms with Gasteiger partial charge in [-0.05, 0) is 18.8 Å². The minimum atomic E-state index is -0.368. The molecule has 0 saturated carbocycles. The van der Waals surface area contributed by atoms with Gasteiger partial charge in [-0.15, -0.1) is 0 Å². The van der Waals surface area contributed by atoms with Gasteiger partial charge in [0.15, 0.2) is 0 Å². The predicted octanol–water partition coefficient (Wildman–Crippen LogP) is 1.36. The van der Waals surface area contributed by atoms with Crippen LogP contribution in [0.4, 0.5) is 4.79 Å². The Kier molecular flexibility index (Phi) is 5.56. The Morgan fingerprint density at radius 1 is 1.60 bits per heavy atom. The number of aliphatic hydroxyl groups is 1. The van der Waals surface area contributed by atoms with Crippen LogP contribution in [0.1, 0.15) is 33.0 Å². The summed E-state index contributed by atoms with van der Waals surface area (Å²) in [7, 11) is 3.64. The molecule has 0 radical (unpaired) electrons. The molecule has 0 aliphatic carbocycles. The van der Waals surface area contributed by atoms with Crippen LogP contribution in [0.2, 0.25) is 0 Å². The van der Waals surface area contributed by atoms with E-state index in [0.717, 1.165) is 5.82 Å². The standard InChI is InChI=1S/C14H26N4O2/c1-11(19)8-14(2,3)10-16-13(20)18(5)9-12-15-6-7-17(12)4/h6-7,11,19H,8-10H2,1-5H3,(H,16,20). The number of imidazole rings is 1. The summed E-state index contributed by atoms with van der Waals surface area (Å²) in [5.41, 5.74) is -0.131. The lowest BCUT2D eigenvalue weighted by atomic mass is 9.87. The van der Waals surface area contributed by atoms with E-state index in [2.05, 4.69) is 10.3 Å². The number of urea groups is 1. The molecule has 0 aliphatic rings. The first-order chi connectivity index (χ1) is 9.21. The number of rotatable bonds is 6. The lowest BCUT2D eigenvalue weighted by Crippen LogP contribution is -2.42. The first kappa shape index (κ1) is 16.5. The number of amides is 2. The molecular weight excluding hydrogens is 256 g/mol. The van der Waals surface area contributed by atoms with Crippen molar-refractivity contribution in [2.45, 2.75) is 39.8 Å². The third kappa shape index (κ3) is 5.21. The van der Waals surface area contributed by atoms with Crippen LogP contribution in [0.3, 0.4) is 0 Å². The smallest absolute Gasteiger partial charge is 0.317 e. The van der Waals surface area contributed by atoms with E-state index in [-0.39, 0.29) is 17.6 Å². The number of aryl methyl sites for hydroxylation is 1. The van der Waals surface area contributed by atoms with E-state index in [0.29, 0.717) is 19.5 Å². The van der Waals surface area contributed by atoms with E-state index in [1.54, 1.807) is 25.1 Å². The molecule has 1 atom stereocenters. The average molecular weight is 282 g/mol. The van der Waals surface area contributed by atoms with Crippen molar-refractivity contribution in [2.24, 2.45) is 12.5 Å². The minimum absolute atomic E-state index is 0.131. The van der Waals surface area contributed by atoms with Crippen LogP contribution in [0.15, 0.2) is 12.4 Å². The highest BCUT2D eigenvalue weighted by molar-refractivity contribution is 5.73. The maximum absolute atomic E-state index is 12.0. The number of nitrogens with zero attached hydrogens (tertiary/aromatic N) is 3. The normalized spacial score (nSPS) is 13.1. The van der Waals surface area contributed by atoms with Gasteiger partial charge in [-0.25, -0.2) is 9.78 Å². The molecule has 2 amide bonds. The van der Waals surface area contributed by atoms with E-state index in [9.17, 15) is 9.90 Å². The van der Waals surface area contributed by atoms with Gasteiger partial charge in [0.2, 0.25) is 0 Å². The van der Waals surface area contributed by atoms with Crippen molar-refractivity contribution in [3.63, 3.8) is 0 Å². The lowest BCUT2D eigenvalue weighted by Gasteiger charge is -2.27. The monoisotopic (exact) mass is 282 g/mol. The highest BCUT2D eigenvalue weighted by Gasteiger charge is 2.22. The zero-order valence-corrected chi connectivity index (χ0v) is 13.1. The maximum Gasteiger partial charge on any atom is 0.317 e. The Bertz CT molecular complexity index is 440. The molecule has 6 nitrogen and oxygen atoms in total. The van der Waals surface area contributed by atoms with E-state index in [1.807, 2.05) is 31.7 Å². The van der Waals surface area contributed by atoms with Gasteiger partial charge in [0.1, 0.15) is 5.82 Å². The number of carbonyl (C=O) groups excluding carboxylic acids is 1. The third-order valence-corrected chi connectivity index (χ3v) is 3.21. The van der Waals surface area contributed by atoms with Crippen LogP contribution in [0.25, 0.3) is 0 Å². The summed E-state index contributed by atoms with van der Waals surface area (Å²) >= 11 is 0. The van der Waals surface area contributed by atoms with Gasteiger partial charge in [0.05, 0.1) is 12.6 Å². The molecule has 6 heteroatoms. The maximum atomic E-state index is 12.0. The molecule has 1 unspecified atom stereocenters. The van der Waals surface area contributed by atoms with Crippen molar-refractivity contribution in [1.29, 1.82) is 0 Å². The third-order valence-electron chi connectivity index (χ3n) is 3.21. The SMILES string of the molecule is CC(O)CC(C)(C)CNC(=O)N(C)Cc1nccn1C. The lowest BCUT2D eigenvalue weighted by molar-refractivity contribution is 0.127. The molecule has 2 N–H and O–H groups in total. The Hall–Kier alpha value is -1.56. The fourth-order valence-electron chi connectivity index (χ4n) is 2.15. The fraction of sp³-hybridized carbons (Fsp3) is 0.714. The molecule has 0 aromatic carbocycles. The second-order valence-corrected chi connectivity index (χ2v) is 6.19. The van der Waals surface area contributed by atoms with Gasteiger partial charge in [0.25, 0.3) is 0 Å². The number of carbonyl (C=O) groups is 1. The molecule has 114 valence electrons. The van der Waals surface area contributed by atoms with Crippen LogP contribution >= 0.6 is 0 Å². The van der Waals surface area contributed by atoms with E-state index >= 15 is 0 Å². The molecule has 1 aromatic rings. The summed E-state index contributed by atoms with van der Waals surface area (Å²) in [5, 5.41) is 12.3. The highest BCUT2D eigenvalue weighted by atomic mass is 16.3. The first-order valence-corrected chi connectivity index (χ1v) is 6.84. The Morgan fingerprint density at radius 2 is 2.25 bits per heavy atom. The van der Waals surface area contributed by atoms with Crippen molar-refractivity contribution >= 4 is 6.03 Å². The van der Waals surface area contributed by atoms with E-state index in [4.69, 9.17) is 0 Å². The molecular formula is C14H26N4O2. The van der Waals surface area contributed by atoms with Gasteiger partial charge in [-0.1, -0.05) is 13.8 Å². The van der Waals surface area contributed by atoms with E-state index in [1.165, 1.54) is 0 Å². The number of aromatic nitrogens is 2. The van der Waals surface area contributed by atoms with Gasteiger partial charge in [-0.2, -0.15) is 0 Å². The molecule has 0 fully saturated rings. The Balaban J connectivity index is 2.44. The van der Waals surface area contributed by atoms with Crippen LogP contribution < -0.4 is 5.32 Å². The summed E-state index contributed by atoms with van der Waals surface area (Å²) in [6.45, 7) is 6.81. The highest BCUT2D eigenvalue weighted by Crippen LogP contribution is 2.21. The summed E-state index contributed by atoms with van der Waals surface area (Å²) in [6, 6.07) is -0.133. The zero-order chi connectivity index (χ0) is 15.3. The summed E-state index contributed by atoms with van der Waals surface area (Å²) in [5.74, 6) is 0.839. The topological polar surface area (TPSA) is 70.4 Å². The molecule has 1 aromatic heterocycles. The first-order valence-electron chi connectivity index (χ1n) is 6.84. The minimum Gasteiger partial charge on any atom is -0.393 e. The van der Waals surface area contributed by atoms with Gasteiger partial charge in [0, 0.05) is 33.0 Å². The number of hydrogen-bond acceptors (Lipinski definition) is 3.